The third kappa shape index (κ3) is 9.34. The molecule has 0 aliphatic heterocycles. The number of carboxylic acid groups (broad SMARTS) is 1. The van der Waals surface area contributed by atoms with Crippen LogP contribution in [0, 0.1) is 0 Å². The van der Waals surface area contributed by atoms with Crippen LogP contribution in [0.3, 0.4) is 0 Å². The van der Waals surface area contributed by atoms with Crippen molar-refractivity contribution in [3.05, 3.63) is 126 Å². The van der Waals surface area contributed by atoms with Gasteiger partial charge in [-0.1, -0.05) is 36.4 Å². The number of carboxylic acids is 1. The standard InChI is InChI=1S/C33H29N3O6S/c1-2-42-27-15-11-22(12-16-27)19-29(36-31(38)23-7-4-3-5-8-23)32(39)35-25-13-17-28(18-14-25)43-21-30(37)34-26-10-6-9-24(20-26)33(40)41/h3-20H,2,21H2,1H3,(H,34,37)(H,35,39)(H,36,38)(H,40,41)/b29-19-. The highest BCUT2D eigenvalue weighted by atomic mass is 32.2. The van der Waals surface area contributed by atoms with Gasteiger partial charge in [-0.2, -0.15) is 0 Å². The van der Waals surface area contributed by atoms with Crippen molar-refractivity contribution >= 4 is 52.9 Å². The molecule has 43 heavy (non-hydrogen) atoms. The van der Waals surface area contributed by atoms with Gasteiger partial charge in [0, 0.05) is 21.8 Å². The minimum Gasteiger partial charge on any atom is -0.494 e. The van der Waals surface area contributed by atoms with E-state index in [1.54, 1.807) is 97.1 Å². The Morgan fingerprint density at radius 2 is 1.49 bits per heavy atom. The molecule has 0 unspecified atom stereocenters. The predicted molar refractivity (Wildman–Crippen MR) is 167 cm³/mol. The van der Waals surface area contributed by atoms with Gasteiger partial charge in [-0.3, -0.25) is 14.4 Å². The van der Waals surface area contributed by atoms with Gasteiger partial charge in [-0.25, -0.2) is 4.79 Å². The second kappa shape index (κ2) is 15.0. The van der Waals surface area contributed by atoms with Crippen LogP contribution in [0.5, 0.6) is 5.75 Å². The molecule has 0 bridgehead atoms. The van der Waals surface area contributed by atoms with Crippen LogP contribution in [0.2, 0.25) is 0 Å². The number of nitrogens with one attached hydrogen (secondary N) is 3. The fraction of sp³-hybridized carbons (Fsp3) is 0.0909. The number of hydrogen-bond acceptors (Lipinski definition) is 6. The summed E-state index contributed by atoms with van der Waals surface area (Å²) in [5.41, 5.74) is 2.14. The molecule has 3 amide bonds. The highest BCUT2D eigenvalue weighted by Crippen LogP contribution is 2.22. The zero-order chi connectivity index (χ0) is 30.6. The van der Waals surface area contributed by atoms with Crippen molar-refractivity contribution in [2.45, 2.75) is 11.8 Å². The highest BCUT2D eigenvalue weighted by Gasteiger charge is 2.15. The summed E-state index contributed by atoms with van der Waals surface area (Å²) in [5, 5.41) is 17.3. The van der Waals surface area contributed by atoms with Crippen LogP contribution < -0.4 is 20.7 Å². The topological polar surface area (TPSA) is 134 Å². The zero-order valence-corrected chi connectivity index (χ0v) is 24.0. The van der Waals surface area contributed by atoms with Crippen LogP contribution in [-0.2, 0) is 9.59 Å². The van der Waals surface area contributed by atoms with E-state index < -0.39 is 17.8 Å². The monoisotopic (exact) mass is 595 g/mol. The quantitative estimate of drug-likeness (QED) is 0.118. The van der Waals surface area contributed by atoms with E-state index in [9.17, 15) is 19.2 Å². The van der Waals surface area contributed by atoms with Crippen molar-refractivity contribution in [1.82, 2.24) is 5.32 Å². The Morgan fingerprint density at radius 1 is 0.791 bits per heavy atom. The summed E-state index contributed by atoms with van der Waals surface area (Å²) in [7, 11) is 0. The maximum atomic E-state index is 13.3. The first kappa shape index (κ1) is 30.6. The molecule has 0 aromatic heterocycles. The second-order valence-corrected chi connectivity index (χ2v) is 10.1. The number of hydrogen-bond donors (Lipinski definition) is 4. The molecular formula is C33H29N3O6S. The summed E-state index contributed by atoms with van der Waals surface area (Å²) in [6, 6.07) is 28.7. The van der Waals surface area contributed by atoms with Gasteiger partial charge in [0.2, 0.25) is 5.91 Å². The maximum Gasteiger partial charge on any atom is 0.335 e. The lowest BCUT2D eigenvalue weighted by Crippen LogP contribution is -2.30. The van der Waals surface area contributed by atoms with E-state index in [-0.39, 0.29) is 22.9 Å². The largest absolute Gasteiger partial charge is 0.494 e. The molecule has 0 radical (unpaired) electrons. The van der Waals surface area contributed by atoms with E-state index in [0.717, 1.165) is 4.90 Å². The van der Waals surface area contributed by atoms with Crippen LogP contribution in [0.1, 0.15) is 33.2 Å². The predicted octanol–water partition coefficient (Wildman–Crippen LogP) is 5.92. The molecular weight excluding hydrogens is 566 g/mol. The Labute approximate surface area is 253 Å². The van der Waals surface area contributed by atoms with Crippen molar-refractivity contribution in [2.75, 3.05) is 23.0 Å². The minimum absolute atomic E-state index is 0.0557. The van der Waals surface area contributed by atoms with E-state index in [1.807, 2.05) is 6.92 Å². The Hall–Kier alpha value is -5.35. The summed E-state index contributed by atoms with van der Waals surface area (Å²) in [4.78, 5) is 50.4. The van der Waals surface area contributed by atoms with Gasteiger partial charge in [0.25, 0.3) is 11.8 Å². The average Bonchev–Trinajstić information content (AvgIpc) is 3.02. The number of benzene rings is 4. The normalized spacial score (nSPS) is 10.9. The molecule has 9 nitrogen and oxygen atoms in total. The van der Waals surface area contributed by atoms with Gasteiger partial charge in [0.1, 0.15) is 11.4 Å². The molecule has 0 atom stereocenters. The average molecular weight is 596 g/mol. The molecule has 0 saturated carbocycles. The minimum atomic E-state index is -1.07. The lowest BCUT2D eigenvalue weighted by atomic mass is 10.1. The number of amides is 3. The number of carbonyl (C=O) groups is 4. The lowest BCUT2D eigenvalue weighted by Gasteiger charge is -2.12. The van der Waals surface area contributed by atoms with Gasteiger partial charge < -0.3 is 25.8 Å². The van der Waals surface area contributed by atoms with E-state index >= 15 is 0 Å². The van der Waals surface area contributed by atoms with E-state index in [4.69, 9.17) is 9.84 Å². The summed E-state index contributed by atoms with van der Waals surface area (Å²) >= 11 is 1.28. The smallest absolute Gasteiger partial charge is 0.335 e. The Kier molecular flexibility index (Phi) is 10.7. The first-order chi connectivity index (χ1) is 20.8. The van der Waals surface area contributed by atoms with Crippen molar-refractivity contribution in [2.24, 2.45) is 0 Å². The number of carbonyl (C=O) groups excluding carboxylic acids is 3. The van der Waals surface area contributed by atoms with Gasteiger partial charge in [-0.15, -0.1) is 11.8 Å². The van der Waals surface area contributed by atoms with Crippen LogP contribution in [0.4, 0.5) is 11.4 Å². The molecule has 4 aromatic carbocycles. The van der Waals surface area contributed by atoms with Crippen LogP contribution >= 0.6 is 11.8 Å². The summed E-state index contributed by atoms with van der Waals surface area (Å²) in [6.07, 6.45) is 1.58. The molecule has 0 spiro atoms. The number of anilines is 2. The first-order valence-electron chi connectivity index (χ1n) is 13.3. The third-order valence-corrected chi connectivity index (χ3v) is 6.92. The van der Waals surface area contributed by atoms with Gasteiger partial charge in [-0.05, 0) is 85.3 Å². The molecule has 0 fully saturated rings. The SMILES string of the molecule is CCOc1ccc(/C=C(\NC(=O)c2ccccc2)C(=O)Nc2ccc(SCC(=O)Nc3cccc(C(=O)O)c3)cc2)cc1. The lowest BCUT2D eigenvalue weighted by molar-refractivity contribution is -0.114. The Balaban J connectivity index is 1.40. The summed E-state index contributed by atoms with van der Waals surface area (Å²) in [5.74, 6) is -1.50. The molecule has 0 saturated heterocycles. The maximum absolute atomic E-state index is 13.3. The van der Waals surface area contributed by atoms with Gasteiger partial charge in [0.15, 0.2) is 0 Å². The number of aromatic carboxylic acids is 1. The molecule has 0 aliphatic rings. The van der Waals surface area contributed by atoms with E-state index in [0.29, 0.717) is 34.9 Å². The number of ether oxygens (including phenoxy) is 1. The van der Waals surface area contributed by atoms with Gasteiger partial charge >= 0.3 is 5.97 Å². The number of thioether (sulfide) groups is 1. The second-order valence-electron chi connectivity index (χ2n) is 9.08. The van der Waals surface area contributed by atoms with Crippen LogP contribution in [0.25, 0.3) is 6.08 Å². The zero-order valence-electron chi connectivity index (χ0n) is 23.2. The van der Waals surface area contributed by atoms with Crippen molar-refractivity contribution in [1.29, 1.82) is 0 Å². The molecule has 0 heterocycles. The fourth-order valence-electron chi connectivity index (χ4n) is 3.84. The van der Waals surface area contributed by atoms with Crippen molar-refractivity contribution in [3.63, 3.8) is 0 Å². The summed E-state index contributed by atoms with van der Waals surface area (Å²) < 4.78 is 5.48. The third-order valence-electron chi connectivity index (χ3n) is 5.91. The Morgan fingerprint density at radius 3 is 2.16 bits per heavy atom. The Bertz CT molecular complexity index is 1620. The number of rotatable bonds is 12. The molecule has 4 N–H and O–H groups in total. The van der Waals surface area contributed by atoms with Gasteiger partial charge in [0.05, 0.1) is 17.9 Å². The molecule has 4 aromatic rings. The summed E-state index contributed by atoms with van der Waals surface area (Å²) in [6.45, 7) is 2.42. The van der Waals surface area contributed by atoms with Crippen LogP contribution in [-0.4, -0.2) is 41.2 Å². The molecule has 10 heteroatoms. The fourth-order valence-corrected chi connectivity index (χ4v) is 4.54. The van der Waals surface area contributed by atoms with E-state index in [1.165, 1.54) is 23.9 Å². The van der Waals surface area contributed by atoms with Crippen LogP contribution in [0.15, 0.2) is 114 Å². The van der Waals surface area contributed by atoms with Crippen molar-refractivity contribution < 1.29 is 29.0 Å². The first-order valence-corrected chi connectivity index (χ1v) is 14.3. The highest BCUT2D eigenvalue weighted by molar-refractivity contribution is 8.00. The molecule has 218 valence electrons. The van der Waals surface area contributed by atoms with E-state index in [2.05, 4.69) is 16.0 Å². The molecule has 4 rings (SSSR count). The van der Waals surface area contributed by atoms with Crippen molar-refractivity contribution in [3.8, 4) is 5.75 Å². The molecule has 0 aliphatic carbocycles.